The molecule has 0 unspecified atom stereocenters. The Hall–Kier alpha value is -1.17. The fourth-order valence-electron chi connectivity index (χ4n) is 2.72. The van der Waals surface area contributed by atoms with Crippen LogP contribution in [0, 0.1) is 11.3 Å². The number of carbonyl (C=O) groups excluding carboxylic acids is 1. The average molecular weight is 353 g/mol. The van der Waals surface area contributed by atoms with Crippen molar-refractivity contribution in [3.63, 3.8) is 0 Å². The van der Waals surface area contributed by atoms with E-state index in [1.807, 2.05) is 37.3 Å². The standard InChI is InChI=1S/C19H32O4Si/c1-15(18(20)21-4)17(23-24(5,6)7)19(2,3)14-22-13-16-11-9-8-10-12-16/h8-12,15,17H,13-14H2,1-7H3/t15-,17-/m0/s1. The van der Waals surface area contributed by atoms with Crippen molar-refractivity contribution in [2.45, 2.75) is 53.1 Å². The summed E-state index contributed by atoms with van der Waals surface area (Å²) in [5, 5.41) is 0. The lowest BCUT2D eigenvalue weighted by atomic mass is 9.81. The first-order valence-corrected chi connectivity index (χ1v) is 11.8. The van der Waals surface area contributed by atoms with Crippen molar-refractivity contribution in [3.05, 3.63) is 35.9 Å². The number of methoxy groups -OCH3 is 1. The molecule has 1 aromatic rings. The molecule has 136 valence electrons. The highest BCUT2D eigenvalue weighted by Gasteiger charge is 2.41. The van der Waals surface area contributed by atoms with E-state index in [9.17, 15) is 4.79 Å². The minimum atomic E-state index is -1.82. The summed E-state index contributed by atoms with van der Waals surface area (Å²) in [6.07, 6.45) is -0.243. The number of ether oxygens (including phenoxy) is 2. The maximum absolute atomic E-state index is 12.1. The third-order valence-corrected chi connectivity index (χ3v) is 4.82. The van der Waals surface area contributed by atoms with E-state index in [1.165, 1.54) is 7.11 Å². The molecule has 0 fully saturated rings. The highest BCUT2D eigenvalue weighted by molar-refractivity contribution is 6.69. The first kappa shape index (κ1) is 20.9. The Bertz CT molecular complexity index is 508. The van der Waals surface area contributed by atoms with Crippen LogP contribution in [-0.4, -0.2) is 34.1 Å². The lowest BCUT2D eigenvalue weighted by Crippen LogP contribution is -2.48. The van der Waals surface area contributed by atoms with Gasteiger partial charge < -0.3 is 13.9 Å². The lowest BCUT2D eigenvalue weighted by molar-refractivity contribution is -0.152. The summed E-state index contributed by atoms with van der Waals surface area (Å²) in [7, 11) is -0.398. The summed E-state index contributed by atoms with van der Waals surface area (Å²) in [5.74, 6) is -0.577. The summed E-state index contributed by atoms with van der Waals surface area (Å²) < 4.78 is 17.2. The van der Waals surface area contributed by atoms with Gasteiger partial charge >= 0.3 is 5.97 Å². The molecular formula is C19H32O4Si. The third kappa shape index (κ3) is 6.75. The molecule has 0 amide bonds. The zero-order valence-corrected chi connectivity index (χ0v) is 17.1. The Morgan fingerprint density at radius 3 is 2.25 bits per heavy atom. The van der Waals surface area contributed by atoms with Crippen LogP contribution in [0.15, 0.2) is 30.3 Å². The van der Waals surface area contributed by atoms with Crippen molar-refractivity contribution in [2.75, 3.05) is 13.7 Å². The van der Waals surface area contributed by atoms with Gasteiger partial charge in [-0.2, -0.15) is 0 Å². The minimum absolute atomic E-state index is 0.241. The van der Waals surface area contributed by atoms with Crippen LogP contribution in [0.4, 0.5) is 0 Å². The van der Waals surface area contributed by atoms with E-state index in [2.05, 4.69) is 33.5 Å². The second-order valence-electron chi connectivity index (χ2n) is 7.93. The van der Waals surface area contributed by atoms with E-state index >= 15 is 0 Å². The van der Waals surface area contributed by atoms with E-state index in [1.54, 1.807) is 0 Å². The van der Waals surface area contributed by atoms with E-state index in [-0.39, 0.29) is 23.4 Å². The molecule has 0 saturated heterocycles. The maximum atomic E-state index is 12.1. The van der Waals surface area contributed by atoms with Crippen LogP contribution in [0.1, 0.15) is 26.3 Å². The van der Waals surface area contributed by atoms with Crippen LogP contribution in [0.5, 0.6) is 0 Å². The minimum Gasteiger partial charge on any atom is -0.469 e. The number of hydrogen-bond donors (Lipinski definition) is 0. The zero-order valence-electron chi connectivity index (χ0n) is 16.1. The zero-order chi connectivity index (χ0) is 18.4. The van der Waals surface area contributed by atoms with Crippen LogP contribution in [-0.2, 0) is 25.3 Å². The smallest absolute Gasteiger partial charge is 0.310 e. The molecule has 4 nitrogen and oxygen atoms in total. The van der Waals surface area contributed by atoms with Gasteiger partial charge in [-0.1, -0.05) is 44.2 Å². The molecule has 5 heteroatoms. The van der Waals surface area contributed by atoms with Gasteiger partial charge in [-0.3, -0.25) is 4.79 Å². The Morgan fingerprint density at radius 2 is 1.75 bits per heavy atom. The van der Waals surface area contributed by atoms with Crippen molar-refractivity contribution >= 4 is 14.3 Å². The molecule has 1 rings (SSSR count). The lowest BCUT2D eigenvalue weighted by Gasteiger charge is -2.40. The van der Waals surface area contributed by atoms with Crippen molar-refractivity contribution in [3.8, 4) is 0 Å². The van der Waals surface area contributed by atoms with Crippen molar-refractivity contribution in [2.24, 2.45) is 11.3 Å². The third-order valence-electron chi connectivity index (χ3n) is 3.86. The molecule has 2 atom stereocenters. The Labute approximate surface area is 147 Å². The Balaban J connectivity index is 2.79. The maximum Gasteiger partial charge on any atom is 0.310 e. The summed E-state index contributed by atoms with van der Waals surface area (Å²) >= 11 is 0. The number of benzene rings is 1. The first-order chi connectivity index (χ1) is 11.1. The van der Waals surface area contributed by atoms with Gasteiger partial charge in [0.15, 0.2) is 8.32 Å². The molecule has 0 saturated carbocycles. The predicted molar refractivity (Wildman–Crippen MR) is 99.3 cm³/mol. The van der Waals surface area contributed by atoms with Crippen LogP contribution < -0.4 is 0 Å². The fourth-order valence-corrected chi connectivity index (χ4v) is 4.00. The van der Waals surface area contributed by atoms with Crippen LogP contribution in [0.25, 0.3) is 0 Å². The van der Waals surface area contributed by atoms with E-state index in [0.717, 1.165) is 5.56 Å². The van der Waals surface area contributed by atoms with E-state index in [4.69, 9.17) is 13.9 Å². The molecule has 1 aromatic carbocycles. The van der Waals surface area contributed by atoms with Gasteiger partial charge in [0.05, 0.1) is 32.3 Å². The van der Waals surface area contributed by atoms with Crippen LogP contribution in [0.2, 0.25) is 19.6 Å². The molecule has 0 aliphatic rings. The molecular weight excluding hydrogens is 320 g/mol. The second kappa shape index (κ2) is 8.79. The molecule has 0 aliphatic carbocycles. The van der Waals surface area contributed by atoms with Gasteiger partial charge in [0, 0.05) is 5.41 Å². The summed E-state index contributed by atoms with van der Waals surface area (Å²) in [6, 6.07) is 10.1. The van der Waals surface area contributed by atoms with Crippen LogP contribution in [0.3, 0.4) is 0 Å². The van der Waals surface area contributed by atoms with Crippen LogP contribution >= 0.6 is 0 Å². The molecule has 0 bridgehead atoms. The Kier molecular flexibility index (Phi) is 7.64. The molecule has 0 spiro atoms. The van der Waals surface area contributed by atoms with E-state index in [0.29, 0.717) is 13.2 Å². The van der Waals surface area contributed by atoms with Crippen molar-refractivity contribution < 1.29 is 18.7 Å². The predicted octanol–water partition coefficient (Wildman–Crippen LogP) is 4.26. The van der Waals surface area contributed by atoms with E-state index < -0.39 is 8.32 Å². The molecule has 0 aromatic heterocycles. The highest BCUT2D eigenvalue weighted by Crippen LogP contribution is 2.32. The van der Waals surface area contributed by atoms with Gasteiger partial charge in [0.2, 0.25) is 0 Å². The number of hydrogen-bond acceptors (Lipinski definition) is 4. The van der Waals surface area contributed by atoms with Gasteiger partial charge in [-0.15, -0.1) is 0 Å². The summed E-state index contributed by atoms with van der Waals surface area (Å²) in [6.45, 7) is 13.5. The average Bonchev–Trinajstić information content (AvgIpc) is 2.51. The molecule has 0 radical (unpaired) electrons. The SMILES string of the molecule is COC(=O)[C@@H](C)[C@H](O[Si](C)(C)C)C(C)(C)COCc1ccccc1. The number of rotatable bonds is 9. The highest BCUT2D eigenvalue weighted by atomic mass is 28.4. The molecule has 0 aliphatic heterocycles. The fraction of sp³-hybridized carbons (Fsp3) is 0.632. The van der Waals surface area contributed by atoms with Gasteiger partial charge in [0.25, 0.3) is 0 Å². The van der Waals surface area contributed by atoms with Gasteiger partial charge in [-0.25, -0.2) is 0 Å². The Morgan fingerprint density at radius 1 is 1.17 bits per heavy atom. The molecule has 24 heavy (non-hydrogen) atoms. The second-order valence-corrected chi connectivity index (χ2v) is 12.4. The molecule has 0 heterocycles. The van der Waals surface area contributed by atoms with Crippen molar-refractivity contribution in [1.82, 2.24) is 0 Å². The van der Waals surface area contributed by atoms with Gasteiger partial charge in [-0.05, 0) is 32.1 Å². The number of esters is 1. The quantitative estimate of drug-likeness (QED) is 0.492. The monoisotopic (exact) mass is 352 g/mol. The largest absolute Gasteiger partial charge is 0.469 e. The van der Waals surface area contributed by atoms with Gasteiger partial charge in [0.1, 0.15) is 0 Å². The molecule has 0 N–H and O–H groups in total. The summed E-state index contributed by atoms with van der Waals surface area (Å²) in [5.41, 5.74) is 0.833. The normalized spacial score (nSPS) is 15.0. The topological polar surface area (TPSA) is 44.8 Å². The first-order valence-electron chi connectivity index (χ1n) is 8.44. The number of carbonyl (C=O) groups is 1. The van der Waals surface area contributed by atoms with Crippen molar-refractivity contribution in [1.29, 1.82) is 0 Å². The summed E-state index contributed by atoms with van der Waals surface area (Å²) in [4.78, 5) is 12.1.